The number of aliphatic hydroxyl groups is 2. The van der Waals surface area contributed by atoms with Gasteiger partial charge in [-0.25, -0.2) is 24.5 Å². The first-order valence-electron chi connectivity index (χ1n) is 10.6. The van der Waals surface area contributed by atoms with E-state index in [0.29, 0.717) is 17.0 Å². The van der Waals surface area contributed by atoms with Gasteiger partial charge in [-0.15, -0.1) is 0 Å². The van der Waals surface area contributed by atoms with Gasteiger partial charge >= 0.3 is 12.1 Å². The Balaban J connectivity index is 1.63. The lowest BCUT2D eigenvalue weighted by atomic mass is 10.1. The topological polar surface area (TPSA) is 172 Å². The van der Waals surface area contributed by atoms with E-state index in [9.17, 15) is 24.9 Å². The summed E-state index contributed by atoms with van der Waals surface area (Å²) in [4.78, 5) is 38.0. The SMILES string of the molecule is CN(C)c1ncnc2c1ncn2[C@@H]1O[C@H](CSC[C@H](NC(=O)OC(C)(C)C)C(=O)O)C(O)[C@@H]1O. The Morgan fingerprint density at radius 3 is 2.59 bits per heavy atom. The molecular weight excluding hydrogens is 468 g/mol. The van der Waals surface area contributed by atoms with Gasteiger partial charge in [0.15, 0.2) is 23.2 Å². The molecule has 1 amide bonds. The van der Waals surface area contributed by atoms with Gasteiger partial charge < -0.3 is 35.0 Å². The van der Waals surface area contributed by atoms with Gasteiger partial charge in [0.2, 0.25) is 0 Å². The highest BCUT2D eigenvalue weighted by Crippen LogP contribution is 2.33. The third-order valence-electron chi connectivity index (χ3n) is 4.93. The van der Waals surface area contributed by atoms with Crippen molar-refractivity contribution in [2.45, 2.75) is 57.0 Å². The third-order valence-corrected chi connectivity index (χ3v) is 6.06. The number of hydrogen-bond donors (Lipinski definition) is 4. The Morgan fingerprint density at radius 1 is 1.26 bits per heavy atom. The summed E-state index contributed by atoms with van der Waals surface area (Å²) < 4.78 is 12.5. The standard InChI is InChI=1S/C20H30N6O7S/c1-20(2,3)33-19(31)24-10(18(29)30)6-34-7-11-13(27)14(28)17(32-11)26-9-23-12-15(25(4)5)21-8-22-16(12)26/h8-11,13-14,17,27-28H,6-7H2,1-5H3,(H,24,31)(H,29,30)/t10-,11+,13?,14-,17+/m0/s1. The molecule has 1 saturated heterocycles. The molecule has 1 aliphatic rings. The average molecular weight is 499 g/mol. The number of imidazole rings is 1. The number of carbonyl (C=O) groups excluding carboxylic acids is 1. The van der Waals surface area contributed by atoms with Crippen molar-refractivity contribution in [1.82, 2.24) is 24.8 Å². The monoisotopic (exact) mass is 498 g/mol. The average Bonchev–Trinajstić information content (AvgIpc) is 3.27. The van der Waals surface area contributed by atoms with Gasteiger partial charge in [0.1, 0.15) is 30.2 Å². The minimum atomic E-state index is -1.25. The van der Waals surface area contributed by atoms with Crippen LogP contribution in [0.25, 0.3) is 11.2 Å². The van der Waals surface area contributed by atoms with E-state index in [1.165, 1.54) is 17.2 Å². The first-order chi connectivity index (χ1) is 15.9. The van der Waals surface area contributed by atoms with Crippen LogP contribution in [-0.2, 0) is 14.3 Å². The molecule has 1 aliphatic heterocycles. The number of thioether (sulfide) groups is 1. The largest absolute Gasteiger partial charge is 0.480 e. The van der Waals surface area contributed by atoms with E-state index in [2.05, 4.69) is 20.3 Å². The van der Waals surface area contributed by atoms with E-state index < -0.39 is 48.2 Å². The molecular formula is C20H30N6O7S. The van der Waals surface area contributed by atoms with Gasteiger partial charge in [-0.2, -0.15) is 11.8 Å². The molecule has 34 heavy (non-hydrogen) atoms. The highest BCUT2D eigenvalue weighted by molar-refractivity contribution is 7.99. The molecule has 0 aliphatic carbocycles. The Kier molecular flexibility index (Phi) is 7.85. The minimum Gasteiger partial charge on any atom is -0.480 e. The summed E-state index contributed by atoms with van der Waals surface area (Å²) in [5.41, 5.74) is 0.201. The number of aromatic nitrogens is 4. The van der Waals surface area contributed by atoms with Crippen LogP contribution in [-0.4, -0.2) is 102 Å². The van der Waals surface area contributed by atoms with Gasteiger partial charge in [0, 0.05) is 25.6 Å². The molecule has 188 valence electrons. The van der Waals surface area contributed by atoms with Crippen LogP contribution in [0.1, 0.15) is 27.0 Å². The van der Waals surface area contributed by atoms with Crippen molar-refractivity contribution in [2.75, 3.05) is 30.5 Å². The summed E-state index contributed by atoms with van der Waals surface area (Å²) in [6.45, 7) is 5.03. The fourth-order valence-corrected chi connectivity index (χ4v) is 4.48. The van der Waals surface area contributed by atoms with E-state index >= 15 is 0 Å². The first kappa shape index (κ1) is 25.9. The molecule has 2 aromatic rings. The summed E-state index contributed by atoms with van der Waals surface area (Å²) in [5, 5.41) is 32.9. The number of anilines is 1. The normalized spacial score (nSPS) is 23.6. The molecule has 13 nitrogen and oxygen atoms in total. The fraction of sp³-hybridized carbons (Fsp3) is 0.650. The molecule has 3 rings (SSSR count). The van der Waals surface area contributed by atoms with Gasteiger partial charge in [0.25, 0.3) is 0 Å². The van der Waals surface area contributed by atoms with E-state index in [1.807, 2.05) is 14.1 Å². The lowest BCUT2D eigenvalue weighted by molar-refractivity contribution is -0.138. The molecule has 0 radical (unpaired) electrons. The number of aliphatic hydroxyl groups excluding tert-OH is 2. The van der Waals surface area contributed by atoms with E-state index in [1.54, 1.807) is 25.7 Å². The zero-order valence-corrected chi connectivity index (χ0v) is 20.4. The van der Waals surface area contributed by atoms with Crippen LogP contribution in [0, 0.1) is 0 Å². The first-order valence-corrected chi connectivity index (χ1v) is 11.7. The predicted octanol–water partition coefficient (Wildman–Crippen LogP) is 0.223. The van der Waals surface area contributed by atoms with Crippen LogP contribution in [0.15, 0.2) is 12.7 Å². The predicted molar refractivity (Wildman–Crippen MR) is 124 cm³/mol. The maximum Gasteiger partial charge on any atom is 0.408 e. The molecule has 1 fully saturated rings. The highest BCUT2D eigenvalue weighted by Gasteiger charge is 2.44. The number of amides is 1. The number of hydrogen-bond acceptors (Lipinski definition) is 11. The van der Waals surface area contributed by atoms with Crippen molar-refractivity contribution < 1.29 is 34.4 Å². The Hall–Kier alpha value is -2.68. The number of carboxylic acids is 1. The molecule has 3 heterocycles. The molecule has 14 heteroatoms. The summed E-state index contributed by atoms with van der Waals surface area (Å²) in [6.07, 6.45) is -2.18. The van der Waals surface area contributed by atoms with Crippen molar-refractivity contribution >= 4 is 40.8 Å². The zero-order chi connectivity index (χ0) is 25.2. The zero-order valence-electron chi connectivity index (χ0n) is 19.6. The highest BCUT2D eigenvalue weighted by atomic mass is 32.2. The quantitative estimate of drug-likeness (QED) is 0.391. The van der Waals surface area contributed by atoms with Crippen LogP contribution in [0.4, 0.5) is 10.6 Å². The summed E-state index contributed by atoms with van der Waals surface area (Å²) >= 11 is 1.16. The second-order valence-electron chi connectivity index (χ2n) is 9.04. The number of nitrogens with zero attached hydrogens (tertiary/aromatic N) is 5. The second-order valence-corrected chi connectivity index (χ2v) is 10.1. The smallest absolute Gasteiger partial charge is 0.408 e. The minimum absolute atomic E-state index is 0.00927. The molecule has 0 saturated carbocycles. The number of rotatable bonds is 8. The summed E-state index contributed by atoms with van der Waals surface area (Å²) in [6, 6.07) is -1.20. The number of carbonyl (C=O) groups is 2. The Labute approximate surface area is 200 Å². The van der Waals surface area contributed by atoms with E-state index in [0.717, 1.165) is 11.8 Å². The van der Waals surface area contributed by atoms with Gasteiger partial charge in [0.05, 0.1) is 12.4 Å². The maximum absolute atomic E-state index is 11.9. The molecule has 1 unspecified atom stereocenters. The van der Waals surface area contributed by atoms with Crippen molar-refractivity contribution in [3.63, 3.8) is 0 Å². The Morgan fingerprint density at radius 2 is 1.97 bits per heavy atom. The fourth-order valence-electron chi connectivity index (χ4n) is 3.38. The van der Waals surface area contributed by atoms with Crippen LogP contribution in [0.3, 0.4) is 0 Å². The van der Waals surface area contributed by atoms with E-state index in [4.69, 9.17) is 9.47 Å². The van der Waals surface area contributed by atoms with E-state index in [-0.39, 0.29) is 11.5 Å². The number of alkyl carbamates (subject to hydrolysis) is 1. The third kappa shape index (κ3) is 5.87. The van der Waals surface area contributed by atoms with Crippen molar-refractivity contribution in [3.05, 3.63) is 12.7 Å². The van der Waals surface area contributed by atoms with Crippen LogP contribution >= 0.6 is 11.8 Å². The van der Waals surface area contributed by atoms with Crippen LogP contribution < -0.4 is 10.2 Å². The molecule has 0 aromatic carbocycles. The molecule has 0 spiro atoms. The number of ether oxygens (including phenoxy) is 2. The van der Waals surface area contributed by atoms with Crippen molar-refractivity contribution in [2.24, 2.45) is 0 Å². The number of nitrogens with one attached hydrogen (secondary N) is 1. The second kappa shape index (κ2) is 10.3. The van der Waals surface area contributed by atoms with Crippen LogP contribution in [0.5, 0.6) is 0 Å². The lowest BCUT2D eigenvalue weighted by Gasteiger charge is -2.22. The van der Waals surface area contributed by atoms with Gasteiger partial charge in [-0.3, -0.25) is 4.57 Å². The maximum atomic E-state index is 11.9. The summed E-state index contributed by atoms with van der Waals surface area (Å²) in [5.74, 6) is -0.430. The molecule has 5 atom stereocenters. The molecule has 0 bridgehead atoms. The van der Waals surface area contributed by atoms with Gasteiger partial charge in [-0.1, -0.05) is 0 Å². The number of carboxylic acid groups (broad SMARTS) is 1. The molecule has 4 N–H and O–H groups in total. The van der Waals surface area contributed by atoms with Crippen molar-refractivity contribution in [3.8, 4) is 0 Å². The molecule has 2 aromatic heterocycles. The lowest BCUT2D eigenvalue weighted by Crippen LogP contribution is -2.45. The number of aliphatic carboxylic acids is 1. The Bertz CT molecular complexity index is 1030. The van der Waals surface area contributed by atoms with Crippen LogP contribution in [0.2, 0.25) is 0 Å². The number of fused-ring (bicyclic) bond motifs is 1. The van der Waals surface area contributed by atoms with Crippen molar-refractivity contribution in [1.29, 1.82) is 0 Å². The van der Waals surface area contributed by atoms with Gasteiger partial charge in [-0.05, 0) is 20.8 Å². The summed E-state index contributed by atoms with van der Waals surface area (Å²) in [7, 11) is 3.64.